The number of amides is 3. The van der Waals surface area contributed by atoms with E-state index >= 15 is 0 Å². The van der Waals surface area contributed by atoms with Gasteiger partial charge in [0, 0.05) is 41.2 Å². The lowest BCUT2D eigenvalue weighted by molar-refractivity contribution is -0.137. The van der Waals surface area contributed by atoms with E-state index in [-0.39, 0.29) is 36.6 Å². The maximum absolute atomic E-state index is 13.0. The molecule has 0 aromatic heterocycles. The summed E-state index contributed by atoms with van der Waals surface area (Å²) in [6.45, 7) is -1.41. The number of hydrogen-bond donors (Lipinski definition) is 4. The summed E-state index contributed by atoms with van der Waals surface area (Å²) in [5, 5.41) is 13.1. The quantitative estimate of drug-likeness (QED) is 0.402. The van der Waals surface area contributed by atoms with Gasteiger partial charge >= 0.3 is 6.61 Å². The first-order chi connectivity index (χ1) is 18.3. The van der Waals surface area contributed by atoms with Crippen molar-refractivity contribution in [2.75, 3.05) is 25.4 Å². The number of ether oxygens (including phenoxy) is 1. The molecule has 0 bridgehead atoms. The Morgan fingerprint density at radius 3 is 2.89 bits per heavy atom. The van der Waals surface area contributed by atoms with Crippen LogP contribution in [0.15, 0.2) is 52.1 Å². The first-order valence-corrected chi connectivity index (χ1v) is 13.1. The molecule has 3 unspecified atom stereocenters. The molecule has 0 radical (unpaired) electrons. The van der Waals surface area contributed by atoms with Crippen LogP contribution in [0.2, 0.25) is 0 Å². The summed E-state index contributed by atoms with van der Waals surface area (Å²) in [5.41, 5.74) is 6.08. The Hall–Kier alpha value is -3.45. The predicted octanol–water partition coefficient (Wildman–Crippen LogP) is 1.19. The first kappa shape index (κ1) is 29.1. The van der Waals surface area contributed by atoms with E-state index in [1.54, 1.807) is 22.9 Å². The summed E-state index contributed by atoms with van der Waals surface area (Å²) in [7, 11) is 0. The number of likely N-dealkylation sites (tertiary alicyclic amines) is 1. The highest BCUT2D eigenvalue weighted by atomic mass is 32.2. The number of thioether (sulfide) groups is 1. The molecule has 1 fully saturated rings. The van der Waals surface area contributed by atoms with Crippen molar-refractivity contribution in [3.8, 4) is 5.75 Å². The number of rotatable bonds is 5. The van der Waals surface area contributed by atoms with Crippen LogP contribution in [-0.2, 0) is 20.8 Å². The Balaban J connectivity index is 0.000000515. The molecule has 4 aliphatic heterocycles. The van der Waals surface area contributed by atoms with Crippen LogP contribution in [0, 0.1) is 5.92 Å². The highest BCUT2D eigenvalue weighted by Crippen LogP contribution is 2.34. The molecule has 13 heteroatoms. The molecule has 1 saturated heterocycles. The van der Waals surface area contributed by atoms with Crippen LogP contribution in [-0.4, -0.2) is 78.6 Å². The van der Waals surface area contributed by atoms with E-state index in [1.165, 1.54) is 0 Å². The summed E-state index contributed by atoms with van der Waals surface area (Å²) in [6.07, 6.45) is 9.92. The Labute approximate surface area is 223 Å². The summed E-state index contributed by atoms with van der Waals surface area (Å²) >= 11 is 1.77. The van der Waals surface area contributed by atoms with Crippen molar-refractivity contribution < 1.29 is 33.0 Å². The van der Waals surface area contributed by atoms with Crippen molar-refractivity contribution in [3.63, 3.8) is 0 Å². The van der Waals surface area contributed by atoms with Crippen molar-refractivity contribution in [1.82, 2.24) is 15.5 Å². The van der Waals surface area contributed by atoms with Gasteiger partial charge in [0.05, 0.1) is 25.6 Å². The minimum Gasteiger partial charge on any atom is -0.492 e. The molecule has 10 nitrogen and oxygen atoms in total. The molecule has 3 atom stereocenters. The largest absolute Gasteiger partial charge is 0.492 e. The number of aliphatic hydroxyl groups excluding tert-OH is 1. The number of carbonyl (C=O) groups excluding carboxylic acids is 3. The summed E-state index contributed by atoms with van der Waals surface area (Å²) in [6, 6.07) is 5.78. The SMILES string of the molecule is NC=O.O=C(NCC1=CC2C=NC=CC2N1)C1CCCN1C(=O)Cc1ccc2c(c1)OCCS2.OC(F)F. The molecule has 1 aromatic carbocycles. The van der Waals surface area contributed by atoms with Crippen molar-refractivity contribution in [3.05, 3.63) is 47.8 Å². The highest BCUT2D eigenvalue weighted by Gasteiger charge is 2.34. The Kier molecular flexibility index (Phi) is 11.1. The van der Waals surface area contributed by atoms with Crippen LogP contribution >= 0.6 is 11.8 Å². The molecule has 4 aliphatic rings. The van der Waals surface area contributed by atoms with Crippen molar-refractivity contribution in [2.45, 2.75) is 42.9 Å². The molecule has 0 saturated carbocycles. The van der Waals surface area contributed by atoms with Gasteiger partial charge in [-0.15, -0.1) is 11.8 Å². The monoisotopic (exact) mass is 551 g/mol. The number of alkyl halides is 2. The Bertz CT molecular complexity index is 1080. The Morgan fingerprint density at radius 2 is 2.16 bits per heavy atom. The first-order valence-electron chi connectivity index (χ1n) is 12.1. The van der Waals surface area contributed by atoms with Crippen molar-refractivity contribution in [2.24, 2.45) is 16.6 Å². The van der Waals surface area contributed by atoms with Gasteiger partial charge < -0.3 is 31.1 Å². The fourth-order valence-corrected chi connectivity index (χ4v) is 5.33. The average Bonchev–Trinajstić information content (AvgIpc) is 3.55. The zero-order valence-corrected chi connectivity index (χ0v) is 21.4. The average molecular weight is 552 g/mol. The maximum atomic E-state index is 13.0. The second-order valence-corrected chi connectivity index (χ2v) is 9.75. The molecule has 206 valence electrons. The molecular formula is C25H31F2N5O5S. The topological polar surface area (TPSA) is 146 Å². The highest BCUT2D eigenvalue weighted by molar-refractivity contribution is 7.99. The summed E-state index contributed by atoms with van der Waals surface area (Å²) < 4.78 is 25.5. The van der Waals surface area contributed by atoms with E-state index in [0.29, 0.717) is 26.1 Å². The standard InChI is InChI=1S/C23H26N4O3S.CH2F2O.CH3NO/c28-22(11-15-3-4-21-20(10-15)30-8-9-31-21)27-7-1-2-19(27)23(29)25-14-17-12-16-13-24-6-5-18(16)26-17;2-1(3)4;2-1-3/h3-6,10,12-13,16,18-19,26H,1-2,7-9,11,14H2,(H,25,29);1,4H;1H,(H2,2,3). The second-order valence-electron chi connectivity index (χ2n) is 8.61. The minimum absolute atomic E-state index is 0.00774. The number of aliphatic hydroxyl groups is 1. The van der Waals surface area contributed by atoms with E-state index in [0.717, 1.165) is 34.1 Å². The lowest BCUT2D eigenvalue weighted by atomic mass is 10.0. The van der Waals surface area contributed by atoms with Gasteiger partial charge in [-0.05, 0) is 36.6 Å². The number of hydrogen-bond acceptors (Lipinski definition) is 8. The number of aliphatic imine (C=N–C) groups is 1. The number of nitrogens with one attached hydrogen (secondary N) is 2. The summed E-state index contributed by atoms with van der Waals surface area (Å²) in [4.78, 5) is 41.4. The maximum Gasteiger partial charge on any atom is 0.342 e. The van der Waals surface area contributed by atoms with Crippen molar-refractivity contribution >= 4 is 36.2 Å². The number of halogens is 2. The fraction of sp³-hybridized carbons (Fsp3) is 0.440. The second kappa shape index (κ2) is 14.5. The van der Waals surface area contributed by atoms with E-state index < -0.39 is 12.7 Å². The molecular weight excluding hydrogens is 520 g/mol. The molecule has 3 amide bonds. The smallest absolute Gasteiger partial charge is 0.342 e. The van der Waals surface area contributed by atoms with Gasteiger partial charge in [0.15, 0.2) is 0 Å². The van der Waals surface area contributed by atoms with Crippen molar-refractivity contribution in [1.29, 1.82) is 0 Å². The molecule has 5 rings (SSSR count). The minimum atomic E-state index is -3.17. The van der Waals surface area contributed by atoms with Gasteiger partial charge in [0.1, 0.15) is 11.8 Å². The molecule has 38 heavy (non-hydrogen) atoms. The molecule has 4 heterocycles. The number of benzene rings is 1. The number of nitrogens with two attached hydrogens (primary N) is 1. The lowest BCUT2D eigenvalue weighted by Gasteiger charge is -2.25. The van der Waals surface area contributed by atoms with E-state index in [2.05, 4.69) is 27.4 Å². The lowest BCUT2D eigenvalue weighted by Crippen LogP contribution is -2.47. The van der Waals surface area contributed by atoms with Gasteiger partial charge in [-0.25, -0.2) is 0 Å². The zero-order valence-electron chi connectivity index (χ0n) is 20.6. The third kappa shape index (κ3) is 8.28. The normalized spacial score (nSPS) is 22.4. The number of primary amides is 1. The van der Waals surface area contributed by atoms with E-state index in [4.69, 9.17) is 14.6 Å². The number of carbonyl (C=O) groups is 3. The van der Waals surface area contributed by atoms with Crippen LogP contribution < -0.4 is 21.1 Å². The third-order valence-electron chi connectivity index (χ3n) is 6.09. The Morgan fingerprint density at radius 1 is 1.39 bits per heavy atom. The molecule has 1 aromatic rings. The predicted molar refractivity (Wildman–Crippen MR) is 139 cm³/mol. The van der Waals surface area contributed by atoms with Crippen LogP contribution in [0.3, 0.4) is 0 Å². The number of nitrogens with zero attached hydrogens (tertiary/aromatic N) is 2. The van der Waals surface area contributed by atoms with E-state index in [9.17, 15) is 18.4 Å². The summed E-state index contributed by atoms with van der Waals surface area (Å²) in [5.74, 6) is 1.95. The van der Waals surface area contributed by atoms with E-state index in [1.807, 2.05) is 30.5 Å². The van der Waals surface area contributed by atoms with Crippen LogP contribution in [0.25, 0.3) is 0 Å². The van der Waals surface area contributed by atoms with Crippen LogP contribution in [0.1, 0.15) is 18.4 Å². The third-order valence-corrected chi connectivity index (χ3v) is 7.11. The zero-order chi connectivity index (χ0) is 27.5. The van der Waals surface area contributed by atoms with Gasteiger partial charge in [-0.2, -0.15) is 8.78 Å². The number of fused-ring (bicyclic) bond motifs is 2. The molecule has 0 aliphatic carbocycles. The van der Waals surface area contributed by atoms with Crippen LogP contribution in [0.4, 0.5) is 8.78 Å². The van der Waals surface area contributed by atoms with Gasteiger partial charge in [0.2, 0.25) is 18.2 Å². The fourth-order valence-electron chi connectivity index (χ4n) is 4.52. The van der Waals surface area contributed by atoms with Gasteiger partial charge in [0.25, 0.3) is 0 Å². The van der Waals surface area contributed by atoms with Gasteiger partial charge in [-0.1, -0.05) is 12.1 Å². The molecule has 0 spiro atoms. The molecule has 5 N–H and O–H groups in total. The van der Waals surface area contributed by atoms with Gasteiger partial charge in [-0.3, -0.25) is 19.4 Å². The van der Waals surface area contributed by atoms with Crippen LogP contribution in [0.5, 0.6) is 5.75 Å².